The van der Waals surface area contributed by atoms with E-state index in [0.717, 1.165) is 0 Å². The van der Waals surface area contributed by atoms with E-state index in [-0.39, 0.29) is 21.8 Å². The summed E-state index contributed by atoms with van der Waals surface area (Å²) in [5.41, 5.74) is 0.271. The lowest BCUT2D eigenvalue weighted by molar-refractivity contribution is -0.385. The zero-order valence-corrected chi connectivity index (χ0v) is 17.8. The maximum atomic E-state index is 12.4. The zero-order chi connectivity index (χ0) is 23.2. The minimum absolute atomic E-state index is 0.0770. The van der Waals surface area contributed by atoms with Gasteiger partial charge in [-0.05, 0) is 44.2 Å². The highest BCUT2D eigenvalue weighted by molar-refractivity contribution is 7.89. The molecule has 166 valence electrons. The highest BCUT2D eigenvalue weighted by atomic mass is 32.2. The highest BCUT2D eigenvalue weighted by Crippen LogP contribution is 2.24. The predicted molar refractivity (Wildman–Crippen MR) is 110 cm³/mol. The summed E-state index contributed by atoms with van der Waals surface area (Å²) in [7, 11) is -2.57. The maximum absolute atomic E-state index is 12.4. The van der Waals surface area contributed by atoms with Gasteiger partial charge in [0.05, 0.1) is 28.2 Å². The minimum atomic E-state index is -4.01. The lowest BCUT2D eigenvalue weighted by atomic mass is 10.1. The molecule has 2 rings (SSSR count). The number of nitro benzene ring substituents is 1. The monoisotopic (exact) mass is 451 g/mol. The minimum Gasteiger partial charge on any atom is -0.497 e. The molecule has 0 spiro atoms. The predicted octanol–water partition coefficient (Wildman–Crippen LogP) is 1.76. The van der Waals surface area contributed by atoms with Crippen molar-refractivity contribution in [1.82, 2.24) is 4.72 Å². The average Bonchev–Trinajstić information content (AvgIpc) is 2.73. The van der Waals surface area contributed by atoms with E-state index in [1.54, 1.807) is 0 Å². The van der Waals surface area contributed by atoms with Gasteiger partial charge < -0.3 is 14.8 Å². The number of amides is 1. The summed E-state index contributed by atoms with van der Waals surface area (Å²) in [5.74, 6) is -1.23. The Morgan fingerprint density at radius 1 is 1.16 bits per heavy atom. The first-order valence-electron chi connectivity index (χ1n) is 8.92. The number of hydrogen-bond donors (Lipinski definition) is 2. The Morgan fingerprint density at radius 3 is 2.39 bits per heavy atom. The molecule has 2 N–H and O–H groups in total. The first kappa shape index (κ1) is 23.8. The van der Waals surface area contributed by atoms with Crippen LogP contribution in [0.3, 0.4) is 0 Å². The topological polar surface area (TPSA) is 154 Å². The summed E-state index contributed by atoms with van der Waals surface area (Å²) in [6, 6.07) is 8.44. The first-order valence-corrected chi connectivity index (χ1v) is 10.4. The van der Waals surface area contributed by atoms with E-state index in [0.29, 0.717) is 5.75 Å². The van der Waals surface area contributed by atoms with E-state index in [9.17, 15) is 28.1 Å². The number of nitrogens with one attached hydrogen (secondary N) is 2. The van der Waals surface area contributed by atoms with Crippen molar-refractivity contribution in [2.45, 2.75) is 24.8 Å². The number of methoxy groups -OCH3 is 1. The molecular weight excluding hydrogens is 430 g/mol. The van der Waals surface area contributed by atoms with E-state index in [1.807, 2.05) is 0 Å². The Morgan fingerprint density at radius 2 is 1.81 bits per heavy atom. The molecule has 0 aliphatic carbocycles. The second-order valence-corrected chi connectivity index (χ2v) is 8.10. The third-order valence-corrected chi connectivity index (χ3v) is 5.73. The molecule has 0 aliphatic rings. The van der Waals surface area contributed by atoms with Gasteiger partial charge in [-0.1, -0.05) is 6.07 Å². The van der Waals surface area contributed by atoms with Gasteiger partial charge in [0, 0.05) is 6.07 Å². The molecule has 0 saturated carbocycles. The molecule has 2 aromatic rings. The SMILES string of the molecule is COc1ccc(S(=O)(=O)N[C@@H](C)C(=O)OCC(=O)Nc2cccc([N+](=O)[O-])c2C)cc1. The van der Waals surface area contributed by atoms with Crippen molar-refractivity contribution in [3.63, 3.8) is 0 Å². The Balaban J connectivity index is 1.93. The van der Waals surface area contributed by atoms with Crippen LogP contribution in [0.25, 0.3) is 0 Å². The van der Waals surface area contributed by atoms with Crippen molar-refractivity contribution in [1.29, 1.82) is 0 Å². The molecule has 0 saturated heterocycles. The lowest BCUT2D eigenvalue weighted by Crippen LogP contribution is -2.40. The van der Waals surface area contributed by atoms with Crippen LogP contribution in [0.1, 0.15) is 12.5 Å². The molecule has 1 amide bonds. The fraction of sp³-hybridized carbons (Fsp3) is 0.263. The Kier molecular flexibility index (Phi) is 7.67. The van der Waals surface area contributed by atoms with Crippen LogP contribution in [-0.4, -0.2) is 45.0 Å². The number of carbonyl (C=O) groups excluding carboxylic acids is 2. The second-order valence-electron chi connectivity index (χ2n) is 6.38. The fourth-order valence-corrected chi connectivity index (χ4v) is 3.70. The van der Waals surface area contributed by atoms with Crippen LogP contribution in [0.15, 0.2) is 47.4 Å². The number of sulfonamides is 1. The molecule has 12 heteroatoms. The average molecular weight is 451 g/mol. The van der Waals surface area contributed by atoms with Crippen molar-refractivity contribution < 1.29 is 32.4 Å². The normalized spacial score (nSPS) is 12.0. The van der Waals surface area contributed by atoms with Gasteiger partial charge in [0.25, 0.3) is 11.6 Å². The van der Waals surface area contributed by atoms with Crippen LogP contribution < -0.4 is 14.8 Å². The lowest BCUT2D eigenvalue weighted by Gasteiger charge is -2.14. The summed E-state index contributed by atoms with van der Waals surface area (Å²) in [6.45, 7) is 2.04. The molecule has 0 aliphatic heterocycles. The van der Waals surface area contributed by atoms with E-state index < -0.39 is 39.5 Å². The fourth-order valence-electron chi connectivity index (χ4n) is 2.51. The van der Waals surface area contributed by atoms with Gasteiger partial charge in [-0.15, -0.1) is 0 Å². The quantitative estimate of drug-likeness (QED) is 0.332. The van der Waals surface area contributed by atoms with Gasteiger partial charge in [-0.25, -0.2) is 8.42 Å². The largest absolute Gasteiger partial charge is 0.497 e. The number of esters is 1. The van der Waals surface area contributed by atoms with Crippen molar-refractivity contribution in [3.05, 3.63) is 58.1 Å². The maximum Gasteiger partial charge on any atom is 0.324 e. The Bertz CT molecular complexity index is 1080. The van der Waals surface area contributed by atoms with Crippen molar-refractivity contribution in [2.24, 2.45) is 0 Å². The molecule has 0 bridgehead atoms. The molecule has 1 atom stereocenters. The summed E-state index contributed by atoms with van der Waals surface area (Å²) >= 11 is 0. The molecular formula is C19H21N3O8S. The van der Waals surface area contributed by atoms with Crippen LogP contribution in [0.2, 0.25) is 0 Å². The number of nitrogens with zero attached hydrogens (tertiary/aromatic N) is 1. The van der Waals surface area contributed by atoms with Crippen LogP contribution in [0.5, 0.6) is 5.75 Å². The second kappa shape index (κ2) is 10.00. The summed E-state index contributed by atoms with van der Waals surface area (Å²) in [5, 5.41) is 13.4. The first-order chi connectivity index (χ1) is 14.5. The van der Waals surface area contributed by atoms with E-state index in [4.69, 9.17) is 9.47 Å². The molecule has 0 aromatic heterocycles. The number of hydrogen-bond acceptors (Lipinski definition) is 8. The van der Waals surface area contributed by atoms with Gasteiger partial charge in [0.15, 0.2) is 6.61 Å². The van der Waals surface area contributed by atoms with E-state index in [1.165, 1.54) is 63.4 Å². The van der Waals surface area contributed by atoms with Crippen LogP contribution >= 0.6 is 0 Å². The van der Waals surface area contributed by atoms with Gasteiger partial charge in [-0.3, -0.25) is 19.7 Å². The highest BCUT2D eigenvalue weighted by Gasteiger charge is 2.24. The van der Waals surface area contributed by atoms with Crippen molar-refractivity contribution in [3.8, 4) is 5.75 Å². The zero-order valence-electron chi connectivity index (χ0n) is 16.9. The molecule has 0 fully saturated rings. The number of benzene rings is 2. The Hall–Kier alpha value is -3.51. The van der Waals surface area contributed by atoms with E-state index >= 15 is 0 Å². The molecule has 0 radical (unpaired) electrons. The summed E-state index contributed by atoms with van der Waals surface area (Å²) in [6.07, 6.45) is 0. The van der Waals surface area contributed by atoms with Crippen LogP contribution in [-0.2, 0) is 24.3 Å². The number of ether oxygens (including phenoxy) is 2. The summed E-state index contributed by atoms with van der Waals surface area (Å²) < 4.78 is 36.7. The number of nitro groups is 1. The molecule has 2 aromatic carbocycles. The van der Waals surface area contributed by atoms with Gasteiger partial charge in [0.1, 0.15) is 11.8 Å². The van der Waals surface area contributed by atoms with Crippen molar-refractivity contribution in [2.75, 3.05) is 19.0 Å². The number of anilines is 1. The third kappa shape index (κ3) is 6.23. The van der Waals surface area contributed by atoms with Crippen LogP contribution in [0.4, 0.5) is 11.4 Å². The number of carbonyl (C=O) groups is 2. The number of rotatable bonds is 9. The van der Waals surface area contributed by atoms with Crippen molar-refractivity contribution >= 4 is 33.3 Å². The molecule has 0 heterocycles. The molecule has 31 heavy (non-hydrogen) atoms. The van der Waals surface area contributed by atoms with Gasteiger partial charge >= 0.3 is 5.97 Å². The van der Waals surface area contributed by atoms with Gasteiger partial charge in [-0.2, -0.15) is 4.72 Å². The van der Waals surface area contributed by atoms with E-state index in [2.05, 4.69) is 10.0 Å². The molecule has 11 nitrogen and oxygen atoms in total. The Labute approximate surface area is 178 Å². The van der Waals surface area contributed by atoms with Crippen LogP contribution in [0, 0.1) is 17.0 Å². The third-order valence-electron chi connectivity index (χ3n) is 4.18. The smallest absolute Gasteiger partial charge is 0.324 e. The summed E-state index contributed by atoms with van der Waals surface area (Å²) in [4.78, 5) is 34.4. The van der Waals surface area contributed by atoms with Gasteiger partial charge in [0.2, 0.25) is 10.0 Å². The standard InChI is InChI=1S/C19H21N3O8S/c1-12-16(5-4-6-17(12)22(25)26)20-18(23)11-30-19(24)13(2)21-31(27,28)15-9-7-14(29-3)8-10-15/h4-10,13,21H,11H2,1-3H3,(H,20,23)/t13-/m0/s1. The molecule has 0 unspecified atom stereocenters.